The van der Waals surface area contributed by atoms with Crippen LogP contribution in [0.5, 0.6) is 11.5 Å². The molecule has 2 aromatic carbocycles. The lowest BCUT2D eigenvalue weighted by molar-refractivity contribution is 0.450. The zero-order chi connectivity index (χ0) is 14.7. The van der Waals surface area contributed by atoms with Gasteiger partial charge in [0.25, 0.3) is 0 Å². The monoisotopic (exact) mass is 290 g/mol. The van der Waals surface area contributed by atoms with E-state index in [4.69, 9.17) is 17.4 Å². The average Bonchev–Trinajstić information content (AvgIpc) is 2.43. The Labute approximate surface area is 122 Å². The standard InChI is InChI=1S/C15H15ClN2O2/c1-9-2-4-10(5-3-9)6-13(18-17)11-7-12(16)15(20)8-14(11)19/h2-5,7-8,19-20H,6,17H2,1H3. The summed E-state index contributed by atoms with van der Waals surface area (Å²) < 4.78 is 0. The molecule has 2 aromatic rings. The molecule has 0 aliphatic heterocycles. The van der Waals surface area contributed by atoms with Crippen molar-refractivity contribution in [2.24, 2.45) is 10.9 Å². The number of halogens is 1. The van der Waals surface area contributed by atoms with E-state index >= 15 is 0 Å². The van der Waals surface area contributed by atoms with Crippen LogP contribution in [-0.2, 0) is 6.42 Å². The van der Waals surface area contributed by atoms with Crippen molar-refractivity contribution >= 4 is 17.3 Å². The summed E-state index contributed by atoms with van der Waals surface area (Å²) >= 11 is 5.85. The first-order chi connectivity index (χ1) is 9.51. The summed E-state index contributed by atoms with van der Waals surface area (Å²) in [6.07, 6.45) is 0.464. The maximum Gasteiger partial charge on any atom is 0.137 e. The van der Waals surface area contributed by atoms with Crippen LogP contribution in [0.25, 0.3) is 0 Å². The van der Waals surface area contributed by atoms with Crippen LogP contribution in [0.2, 0.25) is 5.02 Å². The van der Waals surface area contributed by atoms with Crippen molar-refractivity contribution in [3.05, 3.63) is 58.1 Å². The van der Waals surface area contributed by atoms with Crippen LogP contribution in [0.3, 0.4) is 0 Å². The van der Waals surface area contributed by atoms with Crippen molar-refractivity contribution in [1.82, 2.24) is 0 Å². The molecule has 104 valence electrons. The molecule has 0 radical (unpaired) electrons. The van der Waals surface area contributed by atoms with E-state index in [1.165, 1.54) is 12.1 Å². The second-order valence-electron chi connectivity index (χ2n) is 4.56. The van der Waals surface area contributed by atoms with Gasteiger partial charge in [-0.15, -0.1) is 0 Å². The molecule has 2 rings (SSSR count). The molecule has 0 unspecified atom stereocenters. The maximum absolute atomic E-state index is 9.88. The van der Waals surface area contributed by atoms with E-state index in [1.54, 1.807) is 0 Å². The Hall–Kier alpha value is -2.20. The van der Waals surface area contributed by atoms with Gasteiger partial charge in [0.1, 0.15) is 11.5 Å². The fourth-order valence-corrected chi connectivity index (χ4v) is 2.06. The van der Waals surface area contributed by atoms with Crippen molar-refractivity contribution in [2.45, 2.75) is 13.3 Å². The van der Waals surface area contributed by atoms with Crippen molar-refractivity contribution in [3.8, 4) is 11.5 Å². The number of hydrogen-bond acceptors (Lipinski definition) is 4. The molecule has 0 aliphatic rings. The Kier molecular flexibility index (Phi) is 4.15. The van der Waals surface area contributed by atoms with E-state index in [9.17, 15) is 10.2 Å². The van der Waals surface area contributed by atoms with Gasteiger partial charge in [0, 0.05) is 18.1 Å². The van der Waals surface area contributed by atoms with Gasteiger partial charge in [0.15, 0.2) is 0 Å². The Morgan fingerprint density at radius 3 is 2.40 bits per heavy atom. The smallest absolute Gasteiger partial charge is 0.137 e. The quantitative estimate of drug-likeness (QED) is 0.462. The van der Waals surface area contributed by atoms with Crippen molar-refractivity contribution in [2.75, 3.05) is 0 Å². The highest BCUT2D eigenvalue weighted by molar-refractivity contribution is 6.32. The summed E-state index contributed by atoms with van der Waals surface area (Å²) in [5.41, 5.74) is 3.09. The molecule has 0 spiro atoms. The topological polar surface area (TPSA) is 78.8 Å². The highest BCUT2D eigenvalue weighted by Crippen LogP contribution is 2.31. The molecule has 0 fully saturated rings. The van der Waals surface area contributed by atoms with Crippen molar-refractivity contribution < 1.29 is 10.2 Å². The van der Waals surface area contributed by atoms with Gasteiger partial charge in [-0.05, 0) is 18.6 Å². The predicted octanol–water partition coefficient (Wildman–Crippen LogP) is 2.97. The first-order valence-corrected chi connectivity index (χ1v) is 6.43. The molecule has 4 N–H and O–H groups in total. The fraction of sp³-hybridized carbons (Fsp3) is 0.133. The van der Waals surface area contributed by atoms with Crippen LogP contribution in [0.1, 0.15) is 16.7 Å². The summed E-state index contributed by atoms with van der Waals surface area (Å²) in [6.45, 7) is 2.01. The minimum atomic E-state index is -0.181. The predicted molar refractivity (Wildman–Crippen MR) is 80.4 cm³/mol. The molecule has 0 saturated heterocycles. The molecule has 0 heterocycles. The van der Waals surface area contributed by atoms with Crippen LogP contribution >= 0.6 is 11.6 Å². The minimum absolute atomic E-state index is 0.108. The molecule has 5 heteroatoms. The number of phenols is 2. The molecule has 20 heavy (non-hydrogen) atoms. The van der Waals surface area contributed by atoms with Gasteiger partial charge in [-0.1, -0.05) is 41.4 Å². The van der Waals surface area contributed by atoms with E-state index in [2.05, 4.69) is 5.10 Å². The Morgan fingerprint density at radius 1 is 1.15 bits per heavy atom. The molecule has 4 nitrogen and oxygen atoms in total. The normalized spacial score (nSPS) is 11.6. The van der Waals surface area contributed by atoms with Crippen molar-refractivity contribution in [1.29, 1.82) is 0 Å². The number of hydrazone groups is 1. The van der Waals surface area contributed by atoms with Crippen LogP contribution in [0, 0.1) is 6.92 Å². The third-order valence-electron chi connectivity index (χ3n) is 3.02. The number of aromatic hydroxyl groups is 2. The molecule has 0 bridgehead atoms. The van der Waals surface area contributed by atoms with Gasteiger partial charge < -0.3 is 16.1 Å². The maximum atomic E-state index is 9.88. The zero-order valence-corrected chi connectivity index (χ0v) is 11.7. The number of hydrogen-bond donors (Lipinski definition) is 3. The van der Waals surface area contributed by atoms with Gasteiger partial charge in [-0.25, -0.2) is 0 Å². The molecule has 0 aliphatic carbocycles. The molecule has 0 saturated carbocycles. The van der Waals surface area contributed by atoms with E-state index in [0.717, 1.165) is 11.1 Å². The van der Waals surface area contributed by atoms with Crippen LogP contribution < -0.4 is 5.84 Å². The Morgan fingerprint density at radius 2 is 1.80 bits per heavy atom. The number of aryl methyl sites for hydroxylation is 1. The summed E-state index contributed by atoms with van der Waals surface area (Å²) in [7, 11) is 0. The first kappa shape index (κ1) is 14.2. The molecular weight excluding hydrogens is 276 g/mol. The summed E-state index contributed by atoms with van der Waals surface area (Å²) in [6, 6.07) is 10.6. The van der Waals surface area contributed by atoms with Crippen molar-refractivity contribution in [3.63, 3.8) is 0 Å². The fourth-order valence-electron chi connectivity index (χ4n) is 1.89. The summed E-state index contributed by atoms with van der Waals surface area (Å²) in [4.78, 5) is 0. The highest BCUT2D eigenvalue weighted by atomic mass is 35.5. The first-order valence-electron chi connectivity index (χ1n) is 6.05. The van der Waals surface area contributed by atoms with E-state index in [1.807, 2.05) is 31.2 Å². The third-order valence-corrected chi connectivity index (χ3v) is 3.33. The SMILES string of the molecule is Cc1ccc(CC(=NN)c2cc(Cl)c(O)cc2O)cc1. The second-order valence-corrected chi connectivity index (χ2v) is 4.97. The van der Waals surface area contributed by atoms with Gasteiger partial charge in [0.05, 0.1) is 10.7 Å². The van der Waals surface area contributed by atoms with Crippen LogP contribution in [0.15, 0.2) is 41.5 Å². The lowest BCUT2D eigenvalue weighted by atomic mass is 10.0. The molecule has 0 aromatic heterocycles. The number of rotatable bonds is 3. The van der Waals surface area contributed by atoms with Gasteiger partial charge >= 0.3 is 0 Å². The second kappa shape index (κ2) is 5.84. The number of nitrogens with zero attached hydrogens (tertiary/aromatic N) is 1. The lowest BCUT2D eigenvalue weighted by Crippen LogP contribution is -2.08. The third kappa shape index (κ3) is 3.03. The summed E-state index contributed by atoms with van der Waals surface area (Å²) in [5, 5.41) is 23.2. The molecular formula is C15H15ClN2O2. The van der Waals surface area contributed by atoms with Gasteiger partial charge in [-0.2, -0.15) is 5.10 Å². The minimum Gasteiger partial charge on any atom is -0.507 e. The molecule has 0 amide bonds. The van der Waals surface area contributed by atoms with E-state index < -0.39 is 0 Å². The Balaban J connectivity index is 2.34. The molecule has 0 atom stereocenters. The van der Waals surface area contributed by atoms with Crippen LogP contribution in [0.4, 0.5) is 0 Å². The lowest BCUT2D eigenvalue weighted by Gasteiger charge is -2.09. The number of benzene rings is 2. The van der Waals surface area contributed by atoms with Gasteiger partial charge in [0.2, 0.25) is 0 Å². The Bertz CT molecular complexity index is 652. The van der Waals surface area contributed by atoms with Crippen LogP contribution in [-0.4, -0.2) is 15.9 Å². The average molecular weight is 291 g/mol. The number of phenolic OH excluding ortho intramolecular Hbond substituents is 2. The highest BCUT2D eigenvalue weighted by Gasteiger charge is 2.13. The number of nitrogens with two attached hydrogens (primary N) is 1. The zero-order valence-electron chi connectivity index (χ0n) is 11.0. The summed E-state index contributed by atoms with van der Waals surface area (Å²) in [5.74, 6) is 5.12. The van der Waals surface area contributed by atoms with E-state index in [0.29, 0.717) is 17.7 Å². The largest absolute Gasteiger partial charge is 0.507 e. The van der Waals surface area contributed by atoms with Gasteiger partial charge in [-0.3, -0.25) is 0 Å². The van der Waals surface area contributed by atoms with E-state index in [-0.39, 0.29) is 16.5 Å².